The van der Waals surface area contributed by atoms with Gasteiger partial charge in [0.1, 0.15) is 6.29 Å². The zero-order chi connectivity index (χ0) is 11.8. The molecule has 0 spiro atoms. The highest BCUT2D eigenvalue weighted by Crippen LogP contribution is 2.24. The fraction of sp³-hybridized carbons (Fsp3) is 0.200. The molecule has 0 atom stereocenters. The lowest BCUT2D eigenvalue weighted by atomic mass is 10.3. The lowest BCUT2D eigenvalue weighted by Gasteiger charge is -2.06. The molecule has 0 aliphatic rings. The zero-order valence-corrected chi connectivity index (χ0v) is 10.3. The molecule has 4 nitrogen and oxygen atoms in total. The van der Waals surface area contributed by atoms with E-state index in [-0.39, 0.29) is 0 Å². The average molecular weight is 258 g/mol. The van der Waals surface area contributed by atoms with E-state index in [1.165, 1.54) is 11.8 Å². The second-order valence-electron chi connectivity index (χ2n) is 2.72. The number of aldehydes is 1. The van der Waals surface area contributed by atoms with Crippen molar-refractivity contribution in [2.75, 3.05) is 12.8 Å². The molecule has 86 valence electrons. The molecule has 0 heterocycles. The van der Waals surface area contributed by atoms with E-state index in [0.717, 1.165) is 6.29 Å². The predicted molar refractivity (Wildman–Crippen MR) is 69.3 cm³/mol. The van der Waals surface area contributed by atoms with Crippen LogP contribution in [-0.2, 0) is 4.79 Å². The Hall–Kier alpha value is -1.04. The van der Waals surface area contributed by atoms with Gasteiger partial charge in [-0.05, 0) is 12.1 Å². The third-order valence-corrected chi connectivity index (χ3v) is 2.68. The Morgan fingerprint density at radius 1 is 1.56 bits per heavy atom. The van der Waals surface area contributed by atoms with Crippen LogP contribution >= 0.6 is 23.4 Å². The molecule has 0 radical (unpaired) electrons. The fourth-order valence-corrected chi connectivity index (χ4v) is 1.71. The Balaban J connectivity index is 2.83. The van der Waals surface area contributed by atoms with Gasteiger partial charge >= 0.3 is 0 Å². The lowest BCUT2D eigenvalue weighted by Crippen LogP contribution is -2.32. The number of benzene rings is 1. The van der Waals surface area contributed by atoms with E-state index in [4.69, 9.17) is 11.6 Å². The first kappa shape index (κ1) is 13.0. The highest BCUT2D eigenvalue weighted by Gasteiger charge is 2.01. The molecule has 16 heavy (non-hydrogen) atoms. The molecule has 0 fully saturated rings. The minimum absolute atomic E-state index is 0.345. The molecule has 0 aliphatic carbocycles. The molecule has 6 heteroatoms. The predicted octanol–water partition coefficient (Wildman–Crippen LogP) is 1.98. The number of thioether (sulfide) groups is 1. The maximum Gasteiger partial charge on any atom is 0.176 e. The number of nitrogens with zero attached hydrogens (tertiary/aromatic N) is 1. The van der Waals surface area contributed by atoms with Gasteiger partial charge in [-0.3, -0.25) is 0 Å². The summed E-state index contributed by atoms with van der Waals surface area (Å²) in [5, 5.41) is 1.17. The molecular formula is C10H12ClN3OS. The first-order valence-electron chi connectivity index (χ1n) is 4.60. The Kier molecular flexibility index (Phi) is 5.92. The Bertz CT molecular complexity index is 384. The summed E-state index contributed by atoms with van der Waals surface area (Å²) in [4.78, 5) is 14.6. The van der Waals surface area contributed by atoms with Crippen molar-refractivity contribution in [1.29, 1.82) is 0 Å². The van der Waals surface area contributed by atoms with E-state index < -0.39 is 0 Å². The van der Waals surface area contributed by atoms with Crippen LogP contribution in [0, 0.1) is 0 Å². The van der Waals surface area contributed by atoms with Gasteiger partial charge in [0.15, 0.2) is 5.17 Å². The summed E-state index contributed by atoms with van der Waals surface area (Å²) in [6.45, 7) is 0. The molecule has 0 amide bonds. The van der Waals surface area contributed by atoms with E-state index in [1.54, 1.807) is 19.2 Å². The van der Waals surface area contributed by atoms with Crippen molar-refractivity contribution in [1.82, 2.24) is 10.9 Å². The third kappa shape index (κ3) is 4.22. The summed E-state index contributed by atoms with van der Waals surface area (Å²) in [6.07, 6.45) is 0.824. The van der Waals surface area contributed by atoms with Gasteiger partial charge in [0.25, 0.3) is 0 Å². The van der Waals surface area contributed by atoms with Crippen LogP contribution in [0.5, 0.6) is 0 Å². The summed E-state index contributed by atoms with van der Waals surface area (Å²) in [5.74, 6) is 0.345. The van der Waals surface area contributed by atoms with Gasteiger partial charge in [-0.1, -0.05) is 35.5 Å². The number of nitrogens with one attached hydrogen (secondary N) is 2. The van der Waals surface area contributed by atoms with Crippen molar-refractivity contribution in [3.63, 3.8) is 0 Å². The van der Waals surface area contributed by atoms with Gasteiger partial charge in [-0.2, -0.15) is 0 Å². The second kappa shape index (κ2) is 7.27. The van der Waals surface area contributed by atoms with Crippen LogP contribution in [0.25, 0.3) is 0 Å². The Morgan fingerprint density at radius 2 is 2.31 bits per heavy atom. The number of carbonyl (C=O) groups excluding carboxylic acids is 1. The number of para-hydroxylation sites is 1. The van der Waals surface area contributed by atoms with Crippen molar-refractivity contribution in [2.24, 2.45) is 4.99 Å². The standard InChI is InChI=1S/C10H12ClN3OS/c1-12-14-10(16-7-6-15)13-9-5-3-2-4-8(9)11/h2-6,12H,7H2,1H3,(H,13,14). The largest absolute Gasteiger partial charge is 0.302 e. The van der Waals surface area contributed by atoms with Crippen LogP contribution < -0.4 is 10.9 Å². The first-order chi connectivity index (χ1) is 7.77. The average Bonchev–Trinajstić information content (AvgIpc) is 2.29. The van der Waals surface area contributed by atoms with E-state index in [9.17, 15) is 4.79 Å². The lowest BCUT2D eigenvalue weighted by molar-refractivity contribution is -0.105. The molecule has 0 bridgehead atoms. The number of hydrazine groups is 1. The van der Waals surface area contributed by atoms with Gasteiger partial charge in [-0.25, -0.2) is 10.4 Å². The topological polar surface area (TPSA) is 53.5 Å². The Labute approximate surface area is 103 Å². The highest BCUT2D eigenvalue weighted by molar-refractivity contribution is 8.14. The van der Waals surface area contributed by atoms with Gasteiger partial charge in [0.2, 0.25) is 0 Å². The summed E-state index contributed by atoms with van der Waals surface area (Å²) in [6, 6.07) is 7.26. The van der Waals surface area contributed by atoms with Crippen molar-refractivity contribution < 1.29 is 4.79 Å². The summed E-state index contributed by atoms with van der Waals surface area (Å²) in [5.41, 5.74) is 6.26. The molecule has 0 aliphatic heterocycles. The number of halogens is 1. The van der Waals surface area contributed by atoms with E-state index in [2.05, 4.69) is 15.8 Å². The summed E-state index contributed by atoms with van der Waals surface area (Å²) in [7, 11) is 1.73. The van der Waals surface area contributed by atoms with Crippen LogP contribution in [0.15, 0.2) is 29.3 Å². The van der Waals surface area contributed by atoms with Gasteiger partial charge in [0.05, 0.1) is 16.5 Å². The highest BCUT2D eigenvalue weighted by atomic mass is 35.5. The van der Waals surface area contributed by atoms with Crippen LogP contribution in [0.1, 0.15) is 0 Å². The summed E-state index contributed by atoms with van der Waals surface area (Å²) < 4.78 is 0. The minimum atomic E-state index is 0.345. The molecule has 0 saturated heterocycles. The number of rotatable bonds is 4. The maximum atomic E-state index is 10.3. The van der Waals surface area contributed by atoms with Gasteiger partial charge in [0, 0.05) is 7.05 Å². The normalized spacial score (nSPS) is 11.2. The molecule has 0 unspecified atom stereocenters. The SMILES string of the molecule is CNNC(=Nc1ccccc1Cl)SCC=O. The molecule has 0 aromatic heterocycles. The van der Waals surface area contributed by atoms with Crippen molar-refractivity contribution in [3.05, 3.63) is 29.3 Å². The van der Waals surface area contributed by atoms with Crippen LogP contribution in [0.3, 0.4) is 0 Å². The molecule has 1 rings (SSSR count). The Morgan fingerprint density at radius 3 is 2.94 bits per heavy atom. The number of amidine groups is 1. The van der Waals surface area contributed by atoms with E-state index in [1.807, 2.05) is 12.1 Å². The molecular weight excluding hydrogens is 246 g/mol. The fourth-order valence-electron chi connectivity index (χ4n) is 0.968. The molecule has 1 aromatic rings. The monoisotopic (exact) mass is 257 g/mol. The number of aliphatic imine (C=N–C) groups is 1. The molecule has 2 N–H and O–H groups in total. The quantitative estimate of drug-likeness (QED) is 0.375. The number of carbonyl (C=O) groups is 1. The zero-order valence-electron chi connectivity index (χ0n) is 8.74. The van der Waals surface area contributed by atoms with E-state index >= 15 is 0 Å². The third-order valence-electron chi connectivity index (χ3n) is 1.59. The maximum absolute atomic E-state index is 10.3. The number of hydrogen-bond donors (Lipinski definition) is 2. The van der Waals surface area contributed by atoms with E-state index in [0.29, 0.717) is 21.6 Å². The molecule has 0 saturated carbocycles. The number of hydrogen-bond acceptors (Lipinski definition) is 4. The smallest absolute Gasteiger partial charge is 0.176 e. The van der Waals surface area contributed by atoms with Crippen LogP contribution in [-0.4, -0.2) is 24.3 Å². The van der Waals surface area contributed by atoms with Crippen molar-refractivity contribution in [2.45, 2.75) is 0 Å². The van der Waals surface area contributed by atoms with Gasteiger partial charge in [-0.15, -0.1) is 0 Å². The molecule has 1 aromatic carbocycles. The second-order valence-corrected chi connectivity index (χ2v) is 4.14. The minimum Gasteiger partial charge on any atom is -0.302 e. The van der Waals surface area contributed by atoms with Gasteiger partial charge < -0.3 is 10.2 Å². The van der Waals surface area contributed by atoms with Crippen LogP contribution in [0.4, 0.5) is 5.69 Å². The summed E-state index contributed by atoms with van der Waals surface area (Å²) >= 11 is 7.27. The first-order valence-corrected chi connectivity index (χ1v) is 5.96. The van der Waals surface area contributed by atoms with Crippen molar-refractivity contribution in [3.8, 4) is 0 Å². The van der Waals surface area contributed by atoms with Crippen LogP contribution in [0.2, 0.25) is 5.02 Å². The van der Waals surface area contributed by atoms with Crippen molar-refractivity contribution >= 4 is 40.5 Å².